The summed E-state index contributed by atoms with van der Waals surface area (Å²) in [5, 5.41) is 3.47. The van der Waals surface area contributed by atoms with Crippen LogP contribution in [0.25, 0.3) is 0 Å². The van der Waals surface area contributed by atoms with Crippen LogP contribution in [-0.4, -0.2) is 25.7 Å². The molecule has 0 aliphatic rings. The Bertz CT molecular complexity index is 401. The van der Waals surface area contributed by atoms with Crippen LogP contribution >= 0.6 is 11.6 Å². The number of carbonyl (C=O) groups is 1. The van der Waals surface area contributed by atoms with E-state index in [1.165, 1.54) is 0 Å². The standard InChI is InChI=1S/C14H18ClNO2/c1-11(2)10-18-8-7-16-14(17)9-12-3-5-13(15)6-4-12/h3-6H,1,7-10H2,2H3,(H,16,17). The third kappa shape index (κ3) is 6.42. The number of hydrogen-bond acceptors (Lipinski definition) is 2. The van der Waals surface area contributed by atoms with E-state index >= 15 is 0 Å². The van der Waals surface area contributed by atoms with Gasteiger partial charge in [0.25, 0.3) is 0 Å². The van der Waals surface area contributed by atoms with Gasteiger partial charge >= 0.3 is 0 Å². The van der Waals surface area contributed by atoms with Gasteiger partial charge in [-0.3, -0.25) is 4.79 Å². The fraction of sp³-hybridized carbons (Fsp3) is 0.357. The van der Waals surface area contributed by atoms with E-state index in [2.05, 4.69) is 11.9 Å². The molecule has 0 unspecified atom stereocenters. The summed E-state index contributed by atoms with van der Waals surface area (Å²) in [6.45, 7) is 7.18. The van der Waals surface area contributed by atoms with Crippen molar-refractivity contribution in [2.75, 3.05) is 19.8 Å². The molecule has 98 valence electrons. The zero-order valence-corrected chi connectivity index (χ0v) is 11.3. The van der Waals surface area contributed by atoms with Gasteiger partial charge in [-0.1, -0.05) is 35.9 Å². The smallest absolute Gasteiger partial charge is 0.224 e. The average molecular weight is 268 g/mol. The van der Waals surface area contributed by atoms with Crippen molar-refractivity contribution in [2.24, 2.45) is 0 Å². The van der Waals surface area contributed by atoms with Crippen LogP contribution in [0.15, 0.2) is 36.4 Å². The maximum atomic E-state index is 11.6. The number of hydrogen-bond donors (Lipinski definition) is 1. The molecule has 0 aliphatic heterocycles. The lowest BCUT2D eigenvalue weighted by Gasteiger charge is -2.06. The number of halogens is 1. The molecule has 0 aromatic heterocycles. The maximum Gasteiger partial charge on any atom is 0.224 e. The molecule has 4 heteroatoms. The topological polar surface area (TPSA) is 38.3 Å². The third-order valence-corrected chi connectivity index (χ3v) is 2.45. The molecule has 0 fully saturated rings. The average Bonchev–Trinajstić information content (AvgIpc) is 2.31. The number of amides is 1. The molecule has 0 bridgehead atoms. The summed E-state index contributed by atoms with van der Waals surface area (Å²) in [6.07, 6.45) is 0.359. The Labute approximate surface area is 113 Å². The SMILES string of the molecule is C=C(C)COCCNC(=O)Cc1ccc(Cl)cc1. The van der Waals surface area contributed by atoms with E-state index in [-0.39, 0.29) is 5.91 Å². The van der Waals surface area contributed by atoms with E-state index in [1.807, 2.05) is 19.1 Å². The summed E-state index contributed by atoms with van der Waals surface area (Å²) in [4.78, 5) is 11.6. The highest BCUT2D eigenvalue weighted by atomic mass is 35.5. The number of benzene rings is 1. The van der Waals surface area contributed by atoms with Gasteiger partial charge < -0.3 is 10.1 Å². The Balaban J connectivity index is 2.17. The molecule has 3 nitrogen and oxygen atoms in total. The molecular formula is C14H18ClNO2. The van der Waals surface area contributed by atoms with Crippen LogP contribution in [0.4, 0.5) is 0 Å². The van der Waals surface area contributed by atoms with Crippen molar-refractivity contribution in [3.8, 4) is 0 Å². The molecule has 1 aromatic carbocycles. The van der Waals surface area contributed by atoms with Crippen LogP contribution in [-0.2, 0) is 16.0 Å². The predicted octanol–water partition coefficient (Wildman–Crippen LogP) is 2.59. The zero-order chi connectivity index (χ0) is 13.4. The maximum absolute atomic E-state index is 11.6. The second-order valence-corrected chi connectivity index (χ2v) is 4.60. The Morgan fingerprint density at radius 1 is 1.39 bits per heavy atom. The molecule has 0 aliphatic carbocycles. The lowest BCUT2D eigenvalue weighted by atomic mass is 10.1. The molecule has 0 heterocycles. The molecular weight excluding hydrogens is 250 g/mol. The Hall–Kier alpha value is -1.32. The van der Waals surface area contributed by atoms with Crippen LogP contribution in [0, 0.1) is 0 Å². The Morgan fingerprint density at radius 3 is 2.67 bits per heavy atom. The summed E-state index contributed by atoms with van der Waals surface area (Å²) < 4.78 is 5.28. The molecule has 0 radical (unpaired) electrons. The molecule has 1 aromatic rings. The largest absolute Gasteiger partial charge is 0.375 e. The Morgan fingerprint density at radius 2 is 2.06 bits per heavy atom. The normalized spacial score (nSPS) is 10.1. The van der Waals surface area contributed by atoms with Gasteiger partial charge in [0.15, 0.2) is 0 Å². The first-order valence-electron chi connectivity index (χ1n) is 5.81. The number of nitrogens with one attached hydrogen (secondary N) is 1. The van der Waals surface area contributed by atoms with Crippen molar-refractivity contribution in [1.29, 1.82) is 0 Å². The van der Waals surface area contributed by atoms with Gasteiger partial charge in [-0.15, -0.1) is 0 Å². The highest BCUT2D eigenvalue weighted by Crippen LogP contribution is 2.09. The van der Waals surface area contributed by atoms with Crippen molar-refractivity contribution in [2.45, 2.75) is 13.3 Å². The first-order chi connectivity index (χ1) is 8.58. The monoisotopic (exact) mass is 267 g/mol. The predicted molar refractivity (Wildman–Crippen MR) is 73.8 cm³/mol. The minimum Gasteiger partial charge on any atom is -0.375 e. The summed E-state index contributed by atoms with van der Waals surface area (Å²) >= 11 is 5.77. The summed E-state index contributed by atoms with van der Waals surface area (Å²) in [5.74, 6) is -0.0174. The summed E-state index contributed by atoms with van der Waals surface area (Å²) in [6, 6.07) is 7.25. The Kier molecular flexibility index (Phi) is 6.47. The van der Waals surface area contributed by atoms with Crippen LogP contribution in [0.2, 0.25) is 5.02 Å². The van der Waals surface area contributed by atoms with E-state index in [0.717, 1.165) is 11.1 Å². The van der Waals surface area contributed by atoms with Crippen molar-refractivity contribution in [3.63, 3.8) is 0 Å². The quantitative estimate of drug-likeness (QED) is 0.609. The minimum absolute atomic E-state index is 0.0174. The summed E-state index contributed by atoms with van der Waals surface area (Å²) in [5.41, 5.74) is 1.92. The summed E-state index contributed by atoms with van der Waals surface area (Å²) in [7, 11) is 0. The van der Waals surface area contributed by atoms with Crippen LogP contribution in [0.1, 0.15) is 12.5 Å². The first-order valence-corrected chi connectivity index (χ1v) is 6.19. The van der Waals surface area contributed by atoms with E-state index in [4.69, 9.17) is 16.3 Å². The van der Waals surface area contributed by atoms with E-state index in [0.29, 0.717) is 31.2 Å². The number of ether oxygens (including phenoxy) is 1. The van der Waals surface area contributed by atoms with E-state index in [1.54, 1.807) is 12.1 Å². The molecule has 0 atom stereocenters. The van der Waals surface area contributed by atoms with Crippen molar-refractivity contribution < 1.29 is 9.53 Å². The fourth-order valence-electron chi connectivity index (χ4n) is 1.36. The minimum atomic E-state index is -0.0174. The highest BCUT2D eigenvalue weighted by Gasteiger charge is 2.02. The van der Waals surface area contributed by atoms with Gasteiger partial charge in [0.2, 0.25) is 5.91 Å². The van der Waals surface area contributed by atoms with Gasteiger partial charge in [0.05, 0.1) is 19.6 Å². The second kappa shape index (κ2) is 7.90. The van der Waals surface area contributed by atoms with Gasteiger partial charge in [-0.05, 0) is 24.6 Å². The fourth-order valence-corrected chi connectivity index (χ4v) is 1.49. The second-order valence-electron chi connectivity index (χ2n) is 4.16. The molecule has 1 amide bonds. The molecule has 1 rings (SSSR count). The van der Waals surface area contributed by atoms with Crippen molar-refractivity contribution in [1.82, 2.24) is 5.32 Å². The first kappa shape index (κ1) is 14.7. The third-order valence-electron chi connectivity index (χ3n) is 2.19. The lowest BCUT2D eigenvalue weighted by Crippen LogP contribution is -2.28. The van der Waals surface area contributed by atoms with Crippen molar-refractivity contribution in [3.05, 3.63) is 47.0 Å². The number of rotatable bonds is 7. The van der Waals surface area contributed by atoms with Gasteiger partial charge in [0, 0.05) is 11.6 Å². The van der Waals surface area contributed by atoms with Crippen LogP contribution in [0.5, 0.6) is 0 Å². The van der Waals surface area contributed by atoms with Crippen molar-refractivity contribution >= 4 is 17.5 Å². The zero-order valence-electron chi connectivity index (χ0n) is 10.5. The van der Waals surface area contributed by atoms with Gasteiger partial charge in [-0.2, -0.15) is 0 Å². The van der Waals surface area contributed by atoms with Gasteiger partial charge in [-0.25, -0.2) is 0 Å². The lowest BCUT2D eigenvalue weighted by molar-refractivity contribution is -0.120. The van der Waals surface area contributed by atoms with Crippen LogP contribution in [0.3, 0.4) is 0 Å². The van der Waals surface area contributed by atoms with Crippen LogP contribution < -0.4 is 5.32 Å². The molecule has 0 saturated carbocycles. The number of carbonyl (C=O) groups excluding carboxylic acids is 1. The van der Waals surface area contributed by atoms with E-state index < -0.39 is 0 Å². The van der Waals surface area contributed by atoms with Gasteiger partial charge in [0.1, 0.15) is 0 Å². The molecule has 1 N–H and O–H groups in total. The highest BCUT2D eigenvalue weighted by molar-refractivity contribution is 6.30. The molecule has 0 spiro atoms. The van der Waals surface area contributed by atoms with E-state index in [9.17, 15) is 4.79 Å². The molecule has 18 heavy (non-hydrogen) atoms. The molecule has 0 saturated heterocycles.